The van der Waals surface area contributed by atoms with Gasteiger partial charge in [0, 0.05) is 11.1 Å². The molecule has 0 saturated heterocycles. The van der Waals surface area contributed by atoms with Crippen LogP contribution in [0.15, 0.2) is 48.8 Å². The Labute approximate surface area is 132 Å². The van der Waals surface area contributed by atoms with E-state index < -0.39 is 0 Å². The summed E-state index contributed by atoms with van der Waals surface area (Å²) in [6.07, 6.45) is 1.60. The van der Waals surface area contributed by atoms with Crippen LogP contribution in [0.4, 0.5) is 0 Å². The van der Waals surface area contributed by atoms with Crippen molar-refractivity contribution < 1.29 is 4.79 Å². The molecule has 0 aliphatic carbocycles. The number of aromatic amines is 1. The van der Waals surface area contributed by atoms with Crippen molar-refractivity contribution >= 4 is 28.5 Å². The summed E-state index contributed by atoms with van der Waals surface area (Å²) in [7, 11) is 0. The van der Waals surface area contributed by atoms with Gasteiger partial charge in [0.05, 0.1) is 28.9 Å². The van der Waals surface area contributed by atoms with Crippen LogP contribution in [0.25, 0.3) is 11.0 Å². The standard InChI is InChI=1S/C17H12ClN3O/c18-14-6-2-1-4-12(14)5-3-9-19-17(22)13-7-8-15-16(10-13)21-11-20-15/h1-2,4,6-8,10-11H,9H2,(H,19,22)(H,20,21). The molecule has 3 rings (SSSR count). The molecule has 4 nitrogen and oxygen atoms in total. The van der Waals surface area contributed by atoms with E-state index in [9.17, 15) is 4.79 Å². The molecule has 0 saturated carbocycles. The third kappa shape index (κ3) is 3.11. The fourth-order valence-corrected chi connectivity index (χ4v) is 2.19. The van der Waals surface area contributed by atoms with Crippen molar-refractivity contribution in [2.24, 2.45) is 0 Å². The maximum atomic E-state index is 12.0. The van der Waals surface area contributed by atoms with Crippen molar-refractivity contribution in [3.05, 3.63) is 64.9 Å². The number of nitrogens with zero attached hydrogens (tertiary/aromatic N) is 1. The molecule has 108 valence electrons. The minimum atomic E-state index is -0.176. The summed E-state index contributed by atoms with van der Waals surface area (Å²) >= 11 is 6.01. The van der Waals surface area contributed by atoms with Gasteiger partial charge in [-0.1, -0.05) is 35.6 Å². The van der Waals surface area contributed by atoms with Crippen LogP contribution in [0.2, 0.25) is 5.02 Å². The van der Waals surface area contributed by atoms with Gasteiger partial charge in [-0.2, -0.15) is 0 Å². The predicted octanol–water partition coefficient (Wildman–Crippen LogP) is 3.00. The Morgan fingerprint density at radius 2 is 2.14 bits per heavy atom. The highest BCUT2D eigenvalue weighted by molar-refractivity contribution is 6.31. The highest BCUT2D eigenvalue weighted by Gasteiger charge is 2.05. The van der Waals surface area contributed by atoms with Gasteiger partial charge in [-0.05, 0) is 30.3 Å². The van der Waals surface area contributed by atoms with Crippen LogP contribution >= 0.6 is 11.6 Å². The third-order valence-corrected chi connectivity index (χ3v) is 3.45. The van der Waals surface area contributed by atoms with Gasteiger partial charge in [0.1, 0.15) is 0 Å². The monoisotopic (exact) mass is 309 g/mol. The average molecular weight is 310 g/mol. The third-order valence-electron chi connectivity index (χ3n) is 3.12. The molecule has 2 N–H and O–H groups in total. The molecule has 0 atom stereocenters. The van der Waals surface area contributed by atoms with Crippen molar-refractivity contribution in [2.75, 3.05) is 6.54 Å². The van der Waals surface area contributed by atoms with E-state index in [-0.39, 0.29) is 12.5 Å². The Balaban J connectivity index is 1.64. The van der Waals surface area contributed by atoms with Crippen LogP contribution in [0.1, 0.15) is 15.9 Å². The van der Waals surface area contributed by atoms with E-state index in [0.717, 1.165) is 16.6 Å². The molecule has 1 aromatic heterocycles. The first-order valence-corrected chi connectivity index (χ1v) is 7.06. The van der Waals surface area contributed by atoms with Crippen LogP contribution in [0.3, 0.4) is 0 Å². The van der Waals surface area contributed by atoms with E-state index in [0.29, 0.717) is 10.6 Å². The zero-order valence-electron chi connectivity index (χ0n) is 11.6. The van der Waals surface area contributed by atoms with Crippen molar-refractivity contribution in [3.63, 3.8) is 0 Å². The average Bonchev–Trinajstić information content (AvgIpc) is 3.00. The Hall–Kier alpha value is -2.77. The number of amides is 1. The summed E-state index contributed by atoms with van der Waals surface area (Å²) < 4.78 is 0. The largest absolute Gasteiger partial charge is 0.345 e. The second-order valence-electron chi connectivity index (χ2n) is 4.60. The molecule has 2 aromatic carbocycles. The van der Waals surface area contributed by atoms with Crippen LogP contribution in [0, 0.1) is 11.8 Å². The SMILES string of the molecule is O=C(NCC#Cc1ccccc1Cl)c1ccc2nc[nH]c2c1. The molecular weight excluding hydrogens is 298 g/mol. The van der Waals surface area contributed by atoms with Gasteiger partial charge in [0.15, 0.2) is 0 Å². The number of nitrogens with one attached hydrogen (secondary N) is 2. The first-order valence-electron chi connectivity index (χ1n) is 6.69. The van der Waals surface area contributed by atoms with Crippen molar-refractivity contribution in [1.29, 1.82) is 0 Å². The molecule has 0 aliphatic heterocycles. The molecule has 0 fully saturated rings. The summed E-state index contributed by atoms with van der Waals surface area (Å²) in [5.74, 6) is 5.65. The number of hydrogen-bond donors (Lipinski definition) is 2. The van der Waals surface area contributed by atoms with Crippen LogP contribution in [-0.2, 0) is 0 Å². The van der Waals surface area contributed by atoms with Crippen molar-refractivity contribution in [1.82, 2.24) is 15.3 Å². The molecule has 5 heteroatoms. The molecule has 22 heavy (non-hydrogen) atoms. The molecule has 3 aromatic rings. The Kier molecular flexibility index (Phi) is 4.08. The highest BCUT2D eigenvalue weighted by atomic mass is 35.5. The number of fused-ring (bicyclic) bond motifs is 1. The predicted molar refractivity (Wildman–Crippen MR) is 86.8 cm³/mol. The lowest BCUT2D eigenvalue weighted by Gasteiger charge is -2.01. The number of aromatic nitrogens is 2. The molecular formula is C17H12ClN3O. The normalized spacial score (nSPS) is 10.0. The Morgan fingerprint density at radius 1 is 1.27 bits per heavy atom. The fourth-order valence-electron chi connectivity index (χ4n) is 2.01. The van der Waals surface area contributed by atoms with Gasteiger partial charge < -0.3 is 10.3 Å². The van der Waals surface area contributed by atoms with Crippen LogP contribution in [-0.4, -0.2) is 22.4 Å². The molecule has 0 aliphatic rings. The van der Waals surface area contributed by atoms with Gasteiger partial charge in [0.25, 0.3) is 5.91 Å². The van der Waals surface area contributed by atoms with E-state index in [4.69, 9.17) is 11.6 Å². The van der Waals surface area contributed by atoms with E-state index >= 15 is 0 Å². The van der Waals surface area contributed by atoms with Gasteiger partial charge in [-0.15, -0.1) is 0 Å². The number of H-pyrrole nitrogens is 1. The first-order chi connectivity index (χ1) is 10.7. The van der Waals surface area contributed by atoms with E-state index in [1.54, 1.807) is 30.6 Å². The maximum absolute atomic E-state index is 12.0. The van der Waals surface area contributed by atoms with Crippen LogP contribution in [0.5, 0.6) is 0 Å². The molecule has 0 spiro atoms. The second-order valence-corrected chi connectivity index (χ2v) is 5.01. The number of hydrogen-bond acceptors (Lipinski definition) is 2. The highest BCUT2D eigenvalue weighted by Crippen LogP contribution is 2.13. The fraction of sp³-hybridized carbons (Fsp3) is 0.0588. The zero-order chi connectivity index (χ0) is 15.4. The summed E-state index contributed by atoms with van der Waals surface area (Å²) in [5.41, 5.74) is 2.97. The zero-order valence-corrected chi connectivity index (χ0v) is 12.3. The van der Waals surface area contributed by atoms with E-state index in [1.807, 2.05) is 18.2 Å². The number of rotatable bonds is 2. The molecule has 0 bridgehead atoms. The van der Waals surface area contributed by atoms with E-state index in [2.05, 4.69) is 27.1 Å². The Bertz CT molecular complexity index is 889. The summed E-state index contributed by atoms with van der Waals surface area (Å²) in [6.45, 7) is 0.255. The van der Waals surface area contributed by atoms with Gasteiger partial charge in [-0.3, -0.25) is 4.79 Å². The number of imidazole rings is 1. The lowest BCUT2D eigenvalue weighted by molar-refractivity contribution is 0.0959. The first kappa shape index (κ1) is 14.2. The topological polar surface area (TPSA) is 57.8 Å². The van der Waals surface area contributed by atoms with Crippen molar-refractivity contribution in [2.45, 2.75) is 0 Å². The molecule has 1 amide bonds. The molecule has 0 radical (unpaired) electrons. The minimum absolute atomic E-state index is 0.176. The maximum Gasteiger partial charge on any atom is 0.252 e. The number of carbonyl (C=O) groups excluding carboxylic acids is 1. The number of carbonyl (C=O) groups is 1. The van der Waals surface area contributed by atoms with Gasteiger partial charge in [-0.25, -0.2) is 4.98 Å². The quantitative estimate of drug-likeness (QED) is 0.715. The number of halogens is 1. The number of benzene rings is 2. The van der Waals surface area contributed by atoms with Gasteiger partial charge >= 0.3 is 0 Å². The molecule has 1 heterocycles. The van der Waals surface area contributed by atoms with Crippen molar-refractivity contribution in [3.8, 4) is 11.8 Å². The van der Waals surface area contributed by atoms with Crippen LogP contribution < -0.4 is 5.32 Å². The van der Waals surface area contributed by atoms with E-state index in [1.165, 1.54) is 0 Å². The summed E-state index contributed by atoms with van der Waals surface area (Å²) in [5, 5.41) is 3.36. The molecule has 0 unspecified atom stereocenters. The second kappa shape index (κ2) is 6.33. The minimum Gasteiger partial charge on any atom is -0.345 e. The summed E-state index contributed by atoms with van der Waals surface area (Å²) in [6, 6.07) is 12.6. The Morgan fingerprint density at radius 3 is 3.00 bits per heavy atom. The smallest absolute Gasteiger partial charge is 0.252 e. The van der Waals surface area contributed by atoms with Gasteiger partial charge in [0.2, 0.25) is 0 Å². The summed E-state index contributed by atoms with van der Waals surface area (Å²) in [4.78, 5) is 19.1. The lowest BCUT2D eigenvalue weighted by atomic mass is 10.2. The lowest BCUT2D eigenvalue weighted by Crippen LogP contribution is -2.23.